The Kier molecular flexibility index (Phi) is 6.22. The SMILES string of the molecule is Cc1nnsc1CNC(=O)c1csc(Nc2nccc([C@H]3CCCN3CC#N)n2)n1. The van der Waals surface area contributed by atoms with Crippen molar-refractivity contribution in [3.05, 3.63) is 39.6 Å². The van der Waals surface area contributed by atoms with Crippen molar-refractivity contribution < 1.29 is 4.79 Å². The summed E-state index contributed by atoms with van der Waals surface area (Å²) in [4.78, 5) is 28.6. The van der Waals surface area contributed by atoms with Crippen LogP contribution in [-0.2, 0) is 6.54 Å². The molecular weight excluding hydrogens is 422 g/mol. The van der Waals surface area contributed by atoms with Crippen LogP contribution in [0.4, 0.5) is 11.1 Å². The van der Waals surface area contributed by atoms with Crippen molar-refractivity contribution in [2.45, 2.75) is 32.4 Å². The third-order valence-corrected chi connectivity index (χ3v) is 6.35. The van der Waals surface area contributed by atoms with Crippen molar-refractivity contribution in [2.24, 2.45) is 0 Å². The van der Waals surface area contributed by atoms with Gasteiger partial charge in [0.15, 0.2) is 5.13 Å². The standard InChI is InChI=1S/C18H19N9OS2/c1-11-15(30-26-25-11)9-21-16(28)13-10-29-18(23-13)24-17-20-6-4-12(22-17)14-3-2-7-27(14)8-5-19/h4,6,10,14H,2-3,7-9H2,1H3,(H,21,28)(H,20,22,23,24)/t14-/m1/s1. The molecule has 0 radical (unpaired) electrons. The number of carbonyl (C=O) groups is 1. The first-order valence-electron chi connectivity index (χ1n) is 9.36. The van der Waals surface area contributed by atoms with E-state index in [1.165, 1.54) is 22.9 Å². The van der Waals surface area contributed by atoms with Gasteiger partial charge in [0, 0.05) is 11.6 Å². The van der Waals surface area contributed by atoms with Crippen LogP contribution in [0, 0.1) is 18.3 Å². The molecule has 3 aromatic heterocycles. The molecule has 0 aliphatic carbocycles. The molecule has 1 aliphatic heterocycles. The quantitative estimate of drug-likeness (QED) is 0.530. The fourth-order valence-corrected chi connectivity index (χ4v) is 4.51. The van der Waals surface area contributed by atoms with Gasteiger partial charge in [-0.05, 0) is 43.9 Å². The number of rotatable bonds is 7. The molecule has 1 saturated heterocycles. The van der Waals surface area contributed by atoms with Gasteiger partial charge in [-0.15, -0.1) is 16.4 Å². The fourth-order valence-electron chi connectivity index (χ4n) is 3.25. The zero-order valence-electron chi connectivity index (χ0n) is 16.2. The van der Waals surface area contributed by atoms with E-state index in [0.717, 1.165) is 35.7 Å². The molecule has 2 N–H and O–H groups in total. The highest BCUT2D eigenvalue weighted by molar-refractivity contribution is 7.14. The zero-order chi connectivity index (χ0) is 20.9. The second-order valence-electron chi connectivity index (χ2n) is 6.72. The number of nitriles is 1. The molecule has 154 valence electrons. The van der Waals surface area contributed by atoms with Crippen LogP contribution in [0.5, 0.6) is 0 Å². The Morgan fingerprint density at radius 2 is 2.33 bits per heavy atom. The molecule has 12 heteroatoms. The minimum Gasteiger partial charge on any atom is -0.346 e. The monoisotopic (exact) mass is 441 g/mol. The summed E-state index contributed by atoms with van der Waals surface area (Å²) in [6.07, 6.45) is 3.70. The maximum absolute atomic E-state index is 12.3. The topological polar surface area (TPSA) is 133 Å². The smallest absolute Gasteiger partial charge is 0.271 e. The number of likely N-dealkylation sites (tertiary alicyclic amines) is 1. The lowest BCUT2D eigenvalue weighted by atomic mass is 10.1. The van der Waals surface area contributed by atoms with E-state index >= 15 is 0 Å². The summed E-state index contributed by atoms with van der Waals surface area (Å²) >= 11 is 2.57. The number of aromatic nitrogens is 5. The second kappa shape index (κ2) is 9.21. The molecule has 3 aromatic rings. The molecule has 0 aromatic carbocycles. The van der Waals surface area contributed by atoms with Crippen LogP contribution >= 0.6 is 22.9 Å². The van der Waals surface area contributed by atoms with E-state index in [1.807, 2.05) is 13.0 Å². The molecular formula is C18H19N9OS2. The largest absolute Gasteiger partial charge is 0.346 e. The van der Waals surface area contributed by atoms with Crippen molar-refractivity contribution in [2.75, 3.05) is 18.4 Å². The highest BCUT2D eigenvalue weighted by Gasteiger charge is 2.27. The molecule has 4 heterocycles. The third-order valence-electron chi connectivity index (χ3n) is 4.77. The van der Waals surface area contributed by atoms with Gasteiger partial charge in [0.1, 0.15) is 5.69 Å². The molecule has 0 spiro atoms. The van der Waals surface area contributed by atoms with Gasteiger partial charge in [0.2, 0.25) is 5.95 Å². The average molecular weight is 442 g/mol. The van der Waals surface area contributed by atoms with Gasteiger partial charge in [0.05, 0.1) is 41.5 Å². The van der Waals surface area contributed by atoms with Crippen molar-refractivity contribution in [3.8, 4) is 6.07 Å². The summed E-state index contributed by atoms with van der Waals surface area (Å²) in [5.74, 6) is 0.156. The molecule has 4 rings (SSSR count). The Morgan fingerprint density at radius 3 is 3.13 bits per heavy atom. The molecule has 30 heavy (non-hydrogen) atoms. The van der Waals surface area contributed by atoms with Crippen LogP contribution in [0.25, 0.3) is 0 Å². The van der Waals surface area contributed by atoms with E-state index in [9.17, 15) is 4.79 Å². The van der Waals surface area contributed by atoms with Gasteiger partial charge in [-0.2, -0.15) is 5.26 Å². The molecule has 0 unspecified atom stereocenters. The summed E-state index contributed by atoms with van der Waals surface area (Å²) in [6, 6.07) is 4.21. The Balaban J connectivity index is 1.39. The number of aryl methyl sites for hydroxylation is 1. The minimum absolute atomic E-state index is 0.121. The average Bonchev–Trinajstić information content (AvgIpc) is 3.48. The summed E-state index contributed by atoms with van der Waals surface area (Å²) < 4.78 is 3.86. The lowest BCUT2D eigenvalue weighted by molar-refractivity contribution is 0.0947. The lowest BCUT2D eigenvalue weighted by Gasteiger charge is -2.21. The van der Waals surface area contributed by atoms with E-state index in [0.29, 0.717) is 29.9 Å². The summed E-state index contributed by atoms with van der Waals surface area (Å²) in [6.45, 7) is 3.51. The highest BCUT2D eigenvalue weighted by atomic mass is 32.1. The first kappa shape index (κ1) is 20.3. The molecule has 0 bridgehead atoms. The molecule has 1 amide bonds. The van der Waals surface area contributed by atoms with Crippen molar-refractivity contribution in [1.82, 2.24) is 34.8 Å². The normalized spacial score (nSPS) is 16.3. The van der Waals surface area contributed by atoms with Crippen molar-refractivity contribution in [1.29, 1.82) is 5.26 Å². The fraction of sp³-hybridized carbons (Fsp3) is 0.389. The zero-order valence-corrected chi connectivity index (χ0v) is 17.8. The number of nitrogens with one attached hydrogen (secondary N) is 2. The van der Waals surface area contributed by atoms with E-state index in [1.54, 1.807) is 11.6 Å². The molecule has 10 nitrogen and oxygen atoms in total. The first-order valence-corrected chi connectivity index (χ1v) is 11.0. The Bertz CT molecular complexity index is 1070. The van der Waals surface area contributed by atoms with Gasteiger partial charge >= 0.3 is 0 Å². The molecule has 1 fully saturated rings. The van der Waals surface area contributed by atoms with E-state index in [4.69, 9.17) is 5.26 Å². The summed E-state index contributed by atoms with van der Waals surface area (Å²) in [5.41, 5.74) is 2.02. The number of carbonyl (C=O) groups excluding carboxylic acids is 1. The molecule has 0 saturated carbocycles. The number of anilines is 2. The second-order valence-corrected chi connectivity index (χ2v) is 8.42. The maximum atomic E-state index is 12.3. The maximum Gasteiger partial charge on any atom is 0.271 e. The summed E-state index contributed by atoms with van der Waals surface area (Å²) in [7, 11) is 0. The number of hydrogen-bond acceptors (Lipinski definition) is 11. The van der Waals surface area contributed by atoms with E-state index in [2.05, 4.69) is 46.1 Å². The molecule has 1 aliphatic rings. The number of nitrogens with zero attached hydrogens (tertiary/aromatic N) is 7. The van der Waals surface area contributed by atoms with Crippen molar-refractivity contribution >= 4 is 39.9 Å². The van der Waals surface area contributed by atoms with Crippen LogP contribution in [0.3, 0.4) is 0 Å². The van der Waals surface area contributed by atoms with Crippen LogP contribution in [0.15, 0.2) is 17.6 Å². The van der Waals surface area contributed by atoms with Crippen LogP contribution < -0.4 is 10.6 Å². The van der Waals surface area contributed by atoms with Gasteiger partial charge in [-0.3, -0.25) is 9.69 Å². The minimum atomic E-state index is -0.264. The van der Waals surface area contributed by atoms with Crippen LogP contribution in [0.2, 0.25) is 0 Å². The van der Waals surface area contributed by atoms with Crippen LogP contribution in [0.1, 0.15) is 45.6 Å². The first-order chi connectivity index (χ1) is 14.6. The number of amides is 1. The van der Waals surface area contributed by atoms with Crippen LogP contribution in [-0.4, -0.2) is 48.4 Å². The Hall–Kier alpha value is -3.01. The third kappa shape index (κ3) is 4.59. The van der Waals surface area contributed by atoms with E-state index < -0.39 is 0 Å². The summed E-state index contributed by atoms with van der Waals surface area (Å²) in [5, 5.41) is 21.1. The number of hydrogen-bond donors (Lipinski definition) is 2. The van der Waals surface area contributed by atoms with Gasteiger partial charge < -0.3 is 10.6 Å². The predicted octanol–water partition coefficient (Wildman–Crippen LogP) is 2.43. The van der Waals surface area contributed by atoms with Gasteiger partial charge in [-0.25, -0.2) is 15.0 Å². The number of thiazole rings is 1. The predicted molar refractivity (Wildman–Crippen MR) is 112 cm³/mol. The highest BCUT2D eigenvalue weighted by Crippen LogP contribution is 2.30. The Morgan fingerprint density at radius 1 is 1.43 bits per heavy atom. The van der Waals surface area contributed by atoms with Gasteiger partial charge in [-0.1, -0.05) is 4.49 Å². The van der Waals surface area contributed by atoms with Gasteiger partial charge in [0.25, 0.3) is 5.91 Å². The lowest BCUT2D eigenvalue weighted by Crippen LogP contribution is -2.24. The van der Waals surface area contributed by atoms with E-state index in [-0.39, 0.29) is 11.9 Å². The Labute approximate surface area is 181 Å². The van der Waals surface area contributed by atoms with Crippen molar-refractivity contribution in [3.63, 3.8) is 0 Å². The molecule has 1 atom stereocenters.